The molecule has 0 spiro atoms. The van der Waals surface area contributed by atoms with Crippen molar-refractivity contribution in [3.05, 3.63) is 148 Å². The molecule has 0 aliphatic carbocycles. The topological polar surface area (TPSA) is 128 Å². The van der Waals surface area contributed by atoms with Crippen LogP contribution in [0.3, 0.4) is 0 Å². The number of piperazine rings is 1. The fraction of sp³-hybridized carbons (Fsp3) is 0.279. The van der Waals surface area contributed by atoms with Crippen molar-refractivity contribution in [1.29, 1.82) is 0 Å². The zero-order chi connectivity index (χ0) is 40.4. The number of carbonyl (C=O) groups is 1. The van der Waals surface area contributed by atoms with Crippen LogP contribution in [0.15, 0.2) is 131 Å². The first kappa shape index (κ1) is 41.7. The number of hydrogen-bond donors (Lipinski definition) is 2. The lowest BCUT2D eigenvalue weighted by atomic mass is 9.99. The highest BCUT2D eigenvalue weighted by atomic mass is 35.5. The van der Waals surface area contributed by atoms with E-state index in [2.05, 4.69) is 38.0 Å². The van der Waals surface area contributed by atoms with Gasteiger partial charge in [-0.15, -0.1) is 11.8 Å². The van der Waals surface area contributed by atoms with Gasteiger partial charge >= 0.3 is 0 Å². The molecule has 0 aromatic heterocycles. The second-order valence-electron chi connectivity index (χ2n) is 14.2. The number of sulfonamides is 1. The van der Waals surface area contributed by atoms with E-state index in [0.717, 1.165) is 80.1 Å². The highest BCUT2D eigenvalue weighted by Gasteiger charge is 2.26. The molecule has 6 rings (SSSR count). The van der Waals surface area contributed by atoms with Crippen LogP contribution in [0, 0.1) is 10.1 Å². The SMILES string of the molecule is CN(C)CC[C@H](CCSc1ccccc1)Nc1ccc(S(=O)(=O)NC(=O)c2ccc(N3CCN(Cc4ccccc4-c4ccc(Cl)cc4)CC3)cc2)cc1[N+](=O)[O-]. The third-order valence-corrected chi connectivity index (χ3v) is 12.5. The number of carbonyl (C=O) groups excluding carboxylic acids is 1. The third-order valence-electron chi connectivity index (χ3n) is 9.90. The third kappa shape index (κ3) is 11.6. The van der Waals surface area contributed by atoms with Crippen molar-refractivity contribution in [2.45, 2.75) is 35.2 Å². The van der Waals surface area contributed by atoms with E-state index in [9.17, 15) is 23.3 Å². The number of rotatable bonds is 17. The predicted molar refractivity (Wildman–Crippen MR) is 231 cm³/mol. The Morgan fingerprint density at radius 3 is 2.25 bits per heavy atom. The smallest absolute Gasteiger partial charge is 0.293 e. The van der Waals surface area contributed by atoms with Gasteiger partial charge in [-0.05, 0) is 117 Å². The Bertz CT molecular complexity index is 2240. The van der Waals surface area contributed by atoms with Crippen LogP contribution in [0.5, 0.6) is 0 Å². The van der Waals surface area contributed by atoms with E-state index in [4.69, 9.17) is 11.6 Å². The van der Waals surface area contributed by atoms with Gasteiger partial charge in [0, 0.05) is 66.0 Å². The van der Waals surface area contributed by atoms with Crippen LogP contribution in [-0.4, -0.2) is 87.7 Å². The molecule has 298 valence electrons. The summed E-state index contributed by atoms with van der Waals surface area (Å²) in [6, 6.07) is 36.7. The molecule has 1 amide bonds. The average molecular weight is 827 g/mol. The van der Waals surface area contributed by atoms with Gasteiger partial charge in [0.05, 0.1) is 9.82 Å². The number of nitrogens with one attached hydrogen (secondary N) is 2. The average Bonchev–Trinajstić information content (AvgIpc) is 3.21. The first-order valence-corrected chi connectivity index (χ1v) is 21.7. The minimum Gasteiger partial charge on any atom is -0.377 e. The highest BCUT2D eigenvalue weighted by molar-refractivity contribution is 7.99. The molecule has 0 unspecified atom stereocenters. The molecule has 11 nitrogen and oxygen atoms in total. The Balaban J connectivity index is 1.05. The first-order chi connectivity index (χ1) is 27.4. The van der Waals surface area contributed by atoms with Crippen molar-refractivity contribution in [1.82, 2.24) is 14.5 Å². The maximum absolute atomic E-state index is 13.4. The summed E-state index contributed by atoms with van der Waals surface area (Å²) in [6.07, 6.45) is 1.46. The zero-order valence-electron chi connectivity index (χ0n) is 32.0. The van der Waals surface area contributed by atoms with Gasteiger partial charge < -0.3 is 15.1 Å². The summed E-state index contributed by atoms with van der Waals surface area (Å²) >= 11 is 7.82. The molecule has 1 saturated heterocycles. The van der Waals surface area contributed by atoms with E-state index < -0.39 is 20.9 Å². The number of benzene rings is 5. The van der Waals surface area contributed by atoms with Crippen molar-refractivity contribution < 1.29 is 18.1 Å². The van der Waals surface area contributed by atoms with Gasteiger partial charge in [-0.3, -0.25) is 19.8 Å². The molecule has 2 N–H and O–H groups in total. The van der Waals surface area contributed by atoms with Crippen LogP contribution in [-0.2, 0) is 16.6 Å². The number of anilines is 2. The quantitative estimate of drug-likeness (QED) is 0.0537. The Morgan fingerprint density at radius 1 is 0.877 bits per heavy atom. The standard InChI is InChI=1S/C43H47ClN6O5S2/c1-47(2)24-22-36(23-29-56-38-9-4-3-5-10-38)45-41-21-20-39(30-42(41)50(52)53)57(54,55)46-43(51)33-14-18-37(19-15-33)49-27-25-48(26-28-49)31-34-8-6-7-11-40(34)32-12-16-35(44)17-13-32/h3-21,30,36,45H,22-29,31H2,1-2H3,(H,46,51)/t36-/m1/s1. The number of nitro groups is 1. The van der Waals surface area contributed by atoms with Crippen molar-refractivity contribution in [3.63, 3.8) is 0 Å². The van der Waals surface area contributed by atoms with Crippen LogP contribution in [0.4, 0.5) is 17.1 Å². The van der Waals surface area contributed by atoms with Gasteiger partial charge in [-0.2, -0.15) is 0 Å². The molecule has 1 aliphatic rings. The largest absolute Gasteiger partial charge is 0.377 e. The Hall–Kier alpha value is -4.92. The van der Waals surface area contributed by atoms with Crippen LogP contribution in [0.1, 0.15) is 28.8 Å². The van der Waals surface area contributed by atoms with Crippen LogP contribution in [0.2, 0.25) is 5.02 Å². The summed E-state index contributed by atoms with van der Waals surface area (Å²) in [5.41, 5.74) is 4.48. The van der Waals surface area contributed by atoms with Gasteiger partial charge in [0.1, 0.15) is 5.69 Å². The van der Waals surface area contributed by atoms with Crippen LogP contribution >= 0.6 is 23.4 Å². The maximum atomic E-state index is 13.4. The minimum atomic E-state index is -4.42. The fourth-order valence-electron chi connectivity index (χ4n) is 6.75. The highest BCUT2D eigenvalue weighted by Crippen LogP contribution is 2.31. The van der Waals surface area contributed by atoms with Gasteiger partial charge in [-0.1, -0.05) is 66.2 Å². The van der Waals surface area contributed by atoms with E-state index in [0.29, 0.717) is 5.02 Å². The molecule has 1 heterocycles. The summed E-state index contributed by atoms with van der Waals surface area (Å²) in [6.45, 7) is 4.85. The molecule has 57 heavy (non-hydrogen) atoms. The lowest BCUT2D eigenvalue weighted by Gasteiger charge is -2.36. The molecule has 1 atom stereocenters. The van der Waals surface area contributed by atoms with E-state index in [-0.39, 0.29) is 27.9 Å². The van der Waals surface area contributed by atoms with Gasteiger partial charge in [0.25, 0.3) is 21.6 Å². The Labute approximate surface area is 344 Å². The number of hydrogen-bond acceptors (Lipinski definition) is 10. The molecule has 0 saturated carbocycles. The monoisotopic (exact) mass is 826 g/mol. The summed E-state index contributed by atoms with van der Waals surface area (Å²) < 4.78 is 28.8. The Morgan fingerprint density at radius 2 is 1.56 bits per heavy atom. The van der Waals surface area contributed by atoms with Gasteiger partial charge in [0.15, 0.2) is 0 Å². The van der Waals surface area contributed by atoms with Crippen molar-refractivity contribution in [2.24, 2.45) is 0 Å². The fourth-order valence-corrected chi connectivity index (χ4v) is 8.86. The molecule has 1 aliphatic heterocycles. The van der Waals surface area contributed by atoms with Gasteiger partial charge in [0.2, 0.25) is 0 Å². The first-order valence-electron chi connectivity index (χ1n) is 18.8. The number of nitro benzene ring substituents is 1. The molecule has 14 heteroatoms. The van der Waals surface area contributed by atoms with Crippen LogP contribution in [0.25, 0.3) is 11.1 Å². The zero-order valence-corrected chi connectivity index (χ0v) is 34.4. The maximum Gasteiger partial charge on any atom is 0.293 e. The number of amides is 1. The minimum absolute atomic E-state index is 0.0976. The molecule has 5 aromatic carbocycles. The summed E-state index contributed by atoms with van der Waals surface area (Å²) in [7, 11) is -0.490. The van der Waals surface area contributed by atoms with E-state index in [1.54, 1.807) is 23.9 Å². The second kappa shape index (κ2) is 19.5. The van der Waals surface area contributed by atoms with Crippen LogP contribution < -0.4 is 14.9 Å². The number of halogens is 1. The van der Waals surface area contributed by atoms with E-state index >= 15 is 0 Å². The molecule has 5 aromatic rings. The normalized spacial score (nSPS) is 14.0. The van der Waals surface area contributed by atoms with E-state index in [1.807, 2.05) is 91.8 Å². The van der Waals surface area contributed by atoms with Gasteiger partial charge in [-0.25, -0.2) is 13.1 Å². The Kier molecular flexibility index (Phi) is 14.3. The number of nitrogens with zero attached hydrogens (tertiary/aromatic N) is 4. The number of thioether (sulfide) groups is 1. The van der Waals surface area contributed by atoms with Crippen molar-refractivity contribution in [3.8, 4) is 11.1 Å². The molecule has 0 radical (unpaired) electrons. The summed E-state index contributed by atoms with van der Waals surface area (Å²) in [5.74, 6) is -0.0313. The lowest BCUT2D eigenvalue weighted by molar-refractivity contribution is -0.384. The lowest BCUT2D eigenvalue weighted by Crippen LogP contribution is -2.46. The molecule has 0 bridgehead atoms. The van der Waals surface area contributed by atoms with E-state index in [1.165, 1.54) is 23.3 Å². The van der Waals surface area contributed by atoms with Crippen molar-refractivity contribution in [2.75, 3.05) is 62.8 Å². The summed E-state index contributed by atoms with van der Waals surface area (Å²) in [4.78, 5) is 32.2. The molecular weight excluding hydrogens is 780 g/mol. The van der Waals surface area contributed by atoms with Crippen molar-refractivity contribution >= 4 is 56.4 Å². The second-order valence-corrected chi connectivity index (χ2v) is 17.5. The predicted octanol–water partition coefficient (Wildman–Crippen LogP) is 8.27. The summed E-state index contributed by atoms with van der Waals surface area (Å²) in [5, 5.41) is 16.2. The molecule has 1 fully saturated rings. The molecular formula is C43H47ClN6O5S2.